The van der Waals surface area contributed by atoms with Crippen LogP contribution in [0.2, 0.25) is 0 Å². The van der Waals surface area contributed by atoms with E-state index in [-0.39, 0.29) is 0 Å². The molecule has 0 atom stereocenters. The molecule has 1 amide bonds. The third kappa shape index (κ3) is 3.16. The predicted octanol–water partition coefficient (Wildman–Crippen LogP) is 1.62. The standard InChI is InChI=1S/C6H10INO2S/c7-11-10-6-1-3-8(5-9)4-2-6/h5-6H,1-4H2. The summed E-state index contributed by atoms with van der Waals surface area (Å²) in [4.78, 5) is 12.1. The fourth-order valence-corrected chi connectivity index (χ4v) is 2.30. The van der Waals surface area contributed by atoms with Gasteiger partial charge in [0, 0.05) is 34.3 Å². The highest BCUT2D eigenvalue weighted by molar-refractivity contribution is 14.2. The molecule has 1 fully saturated rings. The SMILES string of the molecule is O=CN1CCC(OSI)CC1. The lowest BCUT2D eigenvalue weighted by Gasteiger charge is -2.27. The first-order valence-corrected chi connectivity index (χ1v) is 6.78. The van der Waals surface area contributed by atoms with Crippen molar-refractivity contribution in [1.29, 1.82) is 0 Å². The van der Waals surface area contributed by atoms with Crippen LogP contribution in [-0.2, 0) is 8.98 Å². The van der Waals surface area contributed by atoms with Crippen LogP contribution in [0.1, 0.15) is 12.8 Å². The first-order chi connectivity index (χ1) is 5.36. The van der Waals surface area contributed by atoms with Gasteiger partial charge in [-0.25, -0.2) is 0 Å². The number of nitrogens with zero attached hydrogens (tertiary/aromatic N) is 1. The van der Waals surface area contributed by atoms with Gasteiger partial charge in [-0.15, -0.1) is 0 Å². The van der Waals surface area contributed by atoms with Crippen LogP contribution in [0, 0.1) is 0 Å². The molecule has 0 radical (unpaired) electrons. The Hall–Kier alpha value is 0.510. The van der Waals surface area contributed by atoms with Crippen LogP contribution in [0.3, 0.4) is 0 Å². The maximum Gasteiger partial charge on any atom is 0.209 e. The van der Waals surface area contributed by atoms with Gasteiger partial charge in [0.1, 0.15) is 0 Å². The van der Waals surface area contributed by atoms with Crippen molar-refractivity contribution >= 4 is 36.8 Å². The Balaban J connectivity index is 2.18. The number of piperidine rings is 1. The zero-order valence-electron chi connectivity index (χ0n) is 6.03. The Morgan fingerprint density at radius 2 is 2.18 bits per heavy atom. The summed E-state index contributed by atoms with van der Waals surface area (Å²) in [5, 5.41) is 0. The lowest BCUT2D eigenvalue weighted by atomic mass is 10.1. The average Bonchev–Trinajstić information content (AvgIpc) is 2.07. The van der Waals surface area contributed by atoms with Gasteiger partial charge in [0.05, 0.1) is 15.3 Å². The van der Waals surface area contributed by atoms with Crippen molar-refractivity contribution in [2.75, 3.05) is 13.1 Å². The van der Waals surface area contributed by atoms with Crippen LogP contribution in [0.5, 0.6) is 0 Å². The molecule has 0 N–H and O–H groups in total. The van der Waals surface area contributed by atoms with Gasteiger partial charge in [-0.1, -0.05) is 0 Å². The molecule has 11 heavy (non-hydrogen) atoms. The van der Waals surface area contributed by atoms with Crippen LogP contribution < -0.4 is 0 Å². The third-order valence-corrected chi connectivity index (χ3v) is 2.77. The molecule has 0 saturated carbocycles. The normalized spacial score (nSPS) is 20.3. The molecule has 1 aliphatic heterocycles. The molecule has 1 rings (SSSR count). The van der Waals surface area contributed by atoms with Gasteiger partial charge in [-0.05, 0) is 12.8 Å². The summed E-state index contributed by atoms with van der Waals surface area (Å²) in [6, 6.07) is 0. The van der Waals surface area contributed by atoms with Gasteiger partial charge in [0.2, 0.25) is 6.41 Å². The summed E-state index contributed by atoms with van der Waals surface area (Å²) in [5.41, 5.74) is 0. The molecule has 1 saturated heterocycles. The molecule has 1 heterocycles. The van der Waals surface area contributed by atoms with Crippen LogP contribution in [-0.4, -0.2) is 30.5 Å². The van der Waals surface area contributed by atoms with Gasteiger partial charge >= 0.3 is 0 Å². The molecule has 0 aromatic rings. The van der Waals surface area contributed by atoms with E-state index >= 15 is 0 Å². The summed E-state index contributed by atoms with van der Waals surface area (Å²) in [6.45, 7) is 1.68. The number of carbonyl (C=O) groups excluding carboxylic acids is 1. The van der Waals surface area contributed by atoms with Crippen molar-refractivity contribution in [2.45, 2.75) is 18.9 Å². The molecule has 5 heteroatoms. The molecule has 64 valence electrons. The van der Waals surface area contributed by atoms with E-state index in [1.165, 1.54) is 9.21 Å². The summed E-state index contributed by atoms with van der Waals surface area (Å²) < 4.78 is 5.34. The van der Waals surface area contributed by atoms with Crippen molar-refractivity contribution < 1.29 is 8.98 Å². The maximum atomic E-state index is 10.3. The smallest absolute Gasteiger partial charge is 0.209 e. The Kier molecular flexibility index (Phi) is 4.54. The van der Waals surface area contributed by atoms with Gasteiger partial charge in [0.25, 0.3) is 0 Å². The lowest BCUT2D eigenvalue weighted by molar-refractivity contribution is -0.119. The summed E-state index contributed by atoms with van der Waals surface area (Å²) >= 11 is 2.12. The molecule has 3 nitrogen and oxygen atoms in total. The molecular formula is C6H10INO2S. The Morgan fingerprint density at radius 1 is 1.55 bits per heavy atom. The summed E-state index contributed by atoms with van der Waals surface area (Å²) in [6.07, 6.45) is 3.18. The second-order valence-electron chi connectivity index (χ2n) is 2.50. The number of hydrogen-bond donors (Lipinski definition) is 0. The largest absolute Gasteiger partial charge is 0.345 e. The molecular weight excluding hydrogens is 277 g/mol. The quantitative estimate of drug-likeness (QED) is 0.449. The summed E-state index contributed by atoms with van der Waals surface area (Å²) in [7, 11) is 1.38. The molecule has 1 aliphatic rings. The molecule has 0 unspecified atom stereocenters. The Labute approximate surface area is 82.6 Å². The van der Waals surface area contributed by atoms with Gasteiger partial charge < -0.3 is 9.08 Å². The van der Waals surface area contributed by atoms with Crippen LogP contribution in [0.25, 0.3) is 0 Å². The number of likely N-dealkylation sites (tertiary alicyclic amines) is 1. The summed E-state index contributed by atoms with van der Waals surface area (Å²) in [5.74, 6) is 0. The second kappa shape index (κ2) is 5.21. The minimum Gasteiger partial charge on any atom is -0.345 e. The molecule has 0 aromatic heterocycles. The highest BCUT2D eigenvalue weighted by Gasteiger charge is 2.18. The topological polar surface area (TPSA) is 29.5 Å². The van der Waals surface area contributed by atoms with E-state index in [0.717, 1.165) is 32.3 Å². The number of rotatable bonds is 3. The monoisotopic (exact) mass is 287 g/mol. The van der Waals surface area contributed by atoms with E-state index in [1.54, 1.807) is 4.90 Å². The lowest BCUT2D eigenvalue weighted by Crippen LogP contribution is -2.35. The van der Waals surface area contributed by atoms with Gasteiger partial charge in [-0.2, -0.15) is 0 Å². The first kappa shape index (κ1) is 9.60. The van der Waals surface area contributed by atoms with Crippen molar-refractivity contribution in [2.24, 2.45) is 0 Å². The van der Waals surface area contributed by atoms with Crippen molar-refractivity contribution in [3.8, 4) is 0 Å². The van der Waals surface area contributed by atoms with E-state index in [0.29, 0.717) is 6.10 Å². The fourth-order valence-electron chi connectivity index (χ4n) is 1.13. The molecule has 0 spiro atoms. The van der Waals surface area contributed by atoms with Crippen LogP contribution >= 0.6 is 30.4 Å². The van der Waals surface area contributed by atoms with Gasteiger partial charge in [0.15, 0.2) is 0 Å². The highest BCUT2D eigenvalue weighted by atomic mass is 127. The molecule has 0 aromatic carbocycles. The minimum absolute atomic E-state index is 0.341. The van der Waals surface area contributed by atoms with Crippen molar-refractivity contribution in [3.63, 3.8) is 0 Å². The Bertz CT molecular complexity index is 128. The minimum atomic E-state index is 0.341. The molecule has 0 aliphatic carbocycles. The Morgan fingerprint density at radius 3 is 2.64 bits per heavy atom. The number of carbonyl (C=O) groups is 1. The first-order valence-electron chi connectivity index (χ1n) is 3.50. The number of hydrogen-bond acceptors (Lipinski definition) is 3. The van der Waals surface area contributed by atoms with E-state index in [9.17, 15) is 4.79 Å². The second-order valence-corrected chi connectivity index (χ2v) is 3.90. The van der Waals surface area contributed by atoms with Crippen LogP contribution in [0.4, 0.5) is 0 Å². The zero-order chi connectivity index (χ0) is 8.10. The van der Waals surface area contributed by atoms with E-state index in [1.807, 2.05) is 0 Å². The van der Waals surface area contributed by atoms with E-state index in [2.05, 4.69) is 21.2 Å². The number of halogens is 1. The van der Waals surface area contributed by atoms with Crippen LogP contribution in [0.15, 0.2) is 0 Å². The predicted molar refractivity (Wildman–Crippen MR) is 53.4 cm³/mol. The number of amides is 1. The van der Waals surface area contributed by atoms with Crippen molar-refractivity contribution in [1.82, 2.24) is 4.90 Å². The van der Waals surface area contributed by atoms with E-state index < -0.39 is 0 Å². The van der Waals surface area contributed by atoms with E-state index in [4.69, 9.17) is 4.18 Å². The maximum absolute atomic E-state index is 10.3. The molecule has 0 bridgehead atoms. The fraction of sp³-hybridized carbons (Fsp3) is 0.833. The van der Waals surface area contributed by atoms with Gasteiger partial charge in [-0.3, -0.25) is 4.79 Å². The third-order valence-electron chi connectivity index (χ3n) is 1.80. The van der Waals surface area contributed by atoms with Crippen molar-refractivity contribution in [3.05, 3.63) is 0 Å². The highest BCUT2D eigenvalue weighted by Crippen LogP contribution is 2.22. The average molecular weight is 287 g/mol. The zero-order valence-corrected chi connectivity index (χ0v) is 9.01.